The maximum absolute atomic E-state index is 12.6. The van der Waals surface area contributed by atoms with Gasteiger partial charge in [0.2, 0.25) is 5.91 Å². The van der Waals surface area contributed by atoms with E-state index in [2.05, 4.69) is 17.2 Å². The van der Waals surface area contributed by atoms with E-state index in [9.17, 15) is 4.79 Å². The molecule has 1 aliphatic rings. The minimum atomic E-state index is -0.0575. The first-order valence-electron chi connectivity index (χ1n) is 6.98. The van der Waals surface area contributed by atoms with Crippen LogP contribution in [0.25, 0.3) is 0 Å². The molecule has 0 bridgehead atoms. The highest BCUT2D eigenvalue weighted by atomic mass is 16.2. The predicted molar refractivity (Wildman–Crippen MR) is 76.9 cm³/mol. The minimum Gasteiger partial charge on any atom is -0.384 e. The van der Waals surface area contributed by atoms with Gasteiger partial charge in [0.15, 0.2) is 0 Å². The fraction of sp³-hybridized carbons (Fsp3) is 0.571. The van der Waals surface area contributed by atoms with Crippen LogP contribution in [0.3, 0.4) is 0 Å². The Morgan fingerprint density at radius 2 is 2.37 bits per heavy atom. The van der Waals surface area contributed by atoms with Crippen molar-refractivity contribution in [1.29, 1.82) is 0 Å². The summed E-state index contributed by atoms with van der Waals surface area (Å²) in [6.45, 7) is 3.71. The lowest BCUT2D eigenvalue weighted by Crippen LogP contribution is -2.49. The van der Waals surface area contributed by atoms with Crippen molar-refractivity contribution in [2.24, 2.45) is 0 Å². The van der Waals surface area contributed by atoms with Gasteiger partial charge in [0.05, 0.1) is 17.9 Å². The molecule has 1 aromatic rings. The molecule has 1 unspecified atom stereocenters. The summed E-state index contributed by atoms with van der Waals surface area (Å²) in [7, 11) is 0. The van der Waals surface area contributed by atoms with Gasteiger partial charge in [0.1, 0.15) is 5.82 Å². The molecular formula is C14H22N4O. The molecule has 2 rings (SSSR count). The number of nitrogen functional groups attached to an aromatic ring is 1. The van der Waals surface area contributed by atoms with Crippen molar-refractivity contribution in [3.05, 3.63) is 18.3 Å². The Hall–Kier alpha value is -1.62. The van der Waals surface area contributed by atoms with Gasteiger partial charge < -0.3 is 16.0 Å². The number of amides is 1. The molecule has 0 aliphatic carbocycles. The first-order chi connectivity index (χ1) is 9.22. The Morgan fingerprint density at radius 1 is 1.53 bits per heavy atom. The highest BCUT2D eigenvalue weighted by molar-refractivity contribution is 5.97. The number of anilines is 2. The Balaban J connectivity index is 2.14. The van der Waals surface area contributed by atoms with Crippen molar-refractivity contribution in [2.45, 2.75) is 38.6 Å². The molecule has 5 nitrogen and oxygen atoms in total. The molecule has 1 saturated heterocycles. The maximum Gasteiger partial charge on any atom is 0.244 e. The van der Waals surface area contributed by atoms with Crippen molar-refractivity contribution >= 4 is 17.4 Å². The number of hydrogen-bond donors (Lipinski definition) is 2. The first kappa shape index (κ1) is 13.8. The lowest BCUT2D eigenvalue weighted by molar-refractivity contribution is -0.121. The second-order valence-corrected chi connectivity index (χ2v) is 4.93. The normalized spacial score (nSPS) is 19.1. The molecule has 3 N–H and O–H groups in total. The largest absolute Gasteiger partial charge is 0.384 e. The van der Waals surface area contributed by atoms with E-state index >= 15 is 0 Å². The van der Waals surface area contributed by atoms with Crippen LogP contribution >= 0.6 is 0 Å². The number of hydrogen-bond acceptors (Lipinski definition) is 4. The average Bonchev–Trinajstić information content (AvgIpc) is 2.46. The van der Waals surface area contributed by atoms with Gasteiger partial charge in [0.25, 0.3) is 0 Å². The van der Waals surface area contributed by atoms with Gasteiger partial charge in [-0.1, -0.05) is 13.3 Å². The quantitative estimate of drug-likeness (QED) is 0.863. The molecule has 0 aromatic carbocycles. The number of nitrogens with zero attached hydrogens (tertiary/aromatic N) is 2. The van der Waals surface area contributed by atoms with Crippen LogP contribution in [0.15, 0.2) is 18.3 Å². The zero-order chi connectivity index (χ0) is 13.7. The Kier molecular flexibility index (Phi) is 4.74. The third-order valence-electron chi connectivity index (χ3n) is 3.40. The first-order valence-corrected chi connectivity index (χ1v) is 6.98. The second-order valence-electron chi connectivity index (χ2n) is 4.93. The van der Waals surface area contributed by atoms with E-state index in [4.69, 9.17) is 5.73 Å². The lowest BCUT2D eigenvalue weighted by atomic mass is 10.0. The van der Waals surface area contributed by atoms with Gasteiger partial charge in [0, 0.05) is 6.54 Å². The van der Waals surface area contributed by atoms with E-state index in [1.165, 1.54) is 0 Å². The van der Waals surface area contributed by atoms with Crippen LogP contribution in [0.4, 0.5) is 11.5 Å². The SMILES string of the molecule is CCCN(C(=O)C1CCCCN1)c1ccc(N)nc1. The van der Waals surface area contributed by atoms with Gasteiger partial charge >= 0.3 is 0 Å². The summed E-state index contributed by atoms with van der Waals surface area (Å²) in [5, 5.41) is 3.30. The predicted octanol–water partition coefficient (Wildman–Crippen LogP) is 1.55. The van der Waals surface area contributed by atoms with E-state index in [1.807, 2.05) is 11.0 Å². The zero-order valence-corrected chi connectivity index (χ0v) is 11.4. The third kappa shape index (κ3) is 3.44. The molecule has 19 heavy (non-hydrogen) atoms. The number of carbonyl (C=O) groups excluding carboxylic acids is 1. The minimum absolute atomic E-state index is 0.0575. The molecule has 2 heterocycles. The van der Waals surface area contributed by atoms with Crippen molar-refractivity contribution < 1.29 is 4.79 Å². The molecule has 104 valence electrons. The van der Waals surface area contributed by atoms with E-state index in [0.717, 1.165) is 37.9 Å². The van der Waals surface area contributed by atoms with Crippen LogP contribution in [-0.2, 0) is 4.79 Å². The highest BCUT2D eigenvalue weighted by Crippen LogP contribution is 2.18. The Labute approximate surface area is 114 Å². The lowest BCUT2D eigenvalue weighted by Gasteiger charge is -2.29. The summed E-state index contributed by atoms with van der Waals surface area (Å²) < 4.78 is 0. The monoisotopic (exact) mass is 262 g/mol. The van der Waals surface area contributed by atoms with Gasteiger partial charge in [-0.2, -0.15) is 0 Å². The van der Waals surface area contributed by atoms with Gasteiger partial charge in [-0.25, -0.2) is 4.98 Å². The molecule has 1 amide bonds. The second kappa shape index (κ2) is 6.52. The van der Waals surface area contributed by atoms with Crippen LogP contribution in [0, 0.1) is 0 Å². The summed E-state index contributed by atoms with van der Waals surface area (Å²) in [5.74, 6) is 0.622. The number of nitrogens with two attached hydrogens (primary N) is 1. The number of piperidine rings is 1. The number of rotatable bonds is 4. The summed E-state index contributed by atoms with van der Waals surface area (Å²) >= 11 is 0. The van der Waals surface area contributed by atoms with Crippen LogP contribution in [0.1, 0.15) is 32.6 Å². The number of nitrogens with one attached hydrogen (secondary N) is 1. The van der Waals surface area contributed by atoms with Crippen LogP contribution in [-0.4, -0.2) is 30.0 Å². The summed E-state index contributed by atoms with van der Waals surface area (Å²) in [5.41, 5.74) is 6.42. The number of aromatic nitrogens is 1. The Bertz CT molecular complexity index is 412. The van der Waals surface area contributed by atoms with E-state index in [-0.39, 0.29) is 11.9 Å². The zero-order valence-electron chi connectivity index (χ0n) is 11.4. The summed E-state index contributed by atoms with van der Waals surface area (Å²) in [6, 6.07) is 3.54. The fourth-order valence-electron chi connectivity index (χ4n) is 2.40. The molecule has 0 saturated carbocycles. The van der Waals surface area contributed by atoms with Crippen LogP contribution < -0.4 is 16.0 Å². The molecule has 1 fully saturated rings. The topological polar surface area (TPSA) is 71.2 Å². The molecule has 1 aromatic heterocycles. The van der Waals surface area contributed by atoms with Crippen LogP contribution in [0.2, 0.25) is 0 Å². The van der Waals surface area contributed by atoms with Gasteiger partial charge in [-0.15, -0.1) is 0 Å². The number of carbonyl (C=O) groups is 1. The third-order valence-corrected chi connectivity index (χ3v) is 3.40. The van der Waals surface area contributed by atoms with E-state index in [0.29, 0.717) is 12.4 Å². The maximum atomic E-state index is 12.6. The number of pyridine rings is 1. The van der Waals surface area contributed by atoms with Crippen molar-refractivity contribution in [3.8, 4) is 0 Å². The Morgan fingerprint density at radius 3 is 2.95 bits per heavy atom. The molecule has 1 atom stereocenters. The van der Waals surface area contributed by atoms with Crippen LogP contribution in [0.5, 0.6) is 0 Å². The summed E-state index contributed by atoms with van der Waals surface area (Å²) in [4.78, 5) is 18.5. The van der Waals surface area contributed by atoms with Crippen molar-refractivity contribution in [2.75, 3.05) is 23.7 Å². The molecular weight excluding hydrogens is 240 g/mol. The molecule has 5 heteroatoms. The average molecular weight is 262 g/mol. The molecule has 0 radical (unpaired) electrons. The van der Waals surface area contributed by atoms with Gasteiger partial charge in [-0.3, -0.25) is 4.79 Å². The molecule has 1 aliphatic heterocycles. The smallest absolute Gasteiger partial charge is 0.244 e. The van der Waals surface area contributed by atoms with Gasteiger partial charge in [-0.05, 0) is 37.9 Å². The summed E-state index contributed by atoms with van der Waals surface area (Å²) in [6.07, 6.45) is 5.78. The molecule has 0 spiro atoms. The fourth-order valence-corrected chi connectivity index (χ4v) is 2.40. The van der Waals surface area contributed by atoms with Crippen molar-refractivity contribution in [3.63, 3.8) is 0 Å². The van der Waals surface area contributed by atoms with E-state index < -0.39 is 0 Å². The van der Waals surface area contributed by atoms with Crippen molar-refractivity contribution in [1.82, 2.24) is 10.3 Å². The highest BCUT2D eigenvalue weighted by Gasteiger charge is 2.26. The van der Waals surface area contributed by atoms with E-state index in [1.54, 1.807) is 12.3 Å². The standard InChI is InChI=1S/C14H22N4O/c1-2-9-18(11-6-7-13(15)17-10-11)14(19)12-5-3-4-8-16-12/h6-7,10,12,16H,2-5,8-9H2,1H3,(H2,15,17).